The number of carbonyl (C=O) groups excluding carboxylic acids is 2. The molecule has 4 nitrogen and oxygen atoms in total. The molecule has 0 aromatic rings. The van der Waals surface area contributed by atoms with Crippen LogP contribution in [0.25, 0.3) is 0 Å². The third kappa shape index (κ3) is 5.38. The molecule has 0 aliphatic carbocycles. The van der Waals surface area contributed by atoms with Crippen LogP contribution in [0.4, 0.5) is 0 Å². The number of methoxy groups -OCH3 is 1. The maximum atomic E-state index is 10.6. The van der Waals surface area contributed by atoms with Crippen LogP contribution < -0.4 is 0 Å². The summed E-state index contributed by atoms with van der Waals surface area (Å²) in [6.07, 6.45) is -0.669. The van der Waals surface area contributed by atoms with Crippen LogP contribution in [0.3, 0.4) is 0 Å². The first kappa shape index (κ1) is 13.7. The Labute approximate surface area is 87.5 Å². The summed E-state index contributed by atoms with van der Waals surface area (Å²) in [6, 6.07) is 0. The van der Waals surface area contributed by atoms with Crippen molar-refractivity contribution in [3.63, 3.8) is 0 Å². The zero-order valence-corrected chi connectivity index (χ0v) is 5.99. The van der Waals surface area contributed by atoms with Crippen molar-refractivity contribution >= 4 is 41.8 Å². The Morgan fingerprint density at radius 2 is 2.18 bits per heavy atom. The second-order valence-electron chi connectivity index (χ2n) is 1.54. The summed E-state index contributed by atoms with van der Waals surface area (Å²) in [4.78, 5) is 20.7. The second kappa shape index (κ2) is 8.20. The van der Waals surface area contributed by atoms with E-state index in [0.29, 0.717) is 6.29 Å². The van der Waals surface area contributed by atoms with E-state index < -0.39 is 12.1 Å². The molecule has 0 amide bonds. The van der Waals surface area contributed by atoms with Crippen molar-refractivity contribution in [3.05, 3.63) is 0 Å². The standard InChI is InChI=1S/C6H10O4.Na.H/c1-3-10-6(8)5(4-7)9-2;;/h4-5H,3H2,1-2H3;;. The van der Waals surface area contributed by atoms with Crippen LogP contribution >= 0.6 is 0 Å². The molecule has 0 saturated carbocycles. The fourth-order valence-electron chi connectivity index (χ4n) is 0.432. The molecular formula is C6H11NaO4. The molecule has 1 atom stereocenters. The number of esters is 1. The Morgan fingerprint density at radius 1 is 1.64 bits per heavy atom. The van der Waals surface area contributed by atoms with Crippen LogP contribution in [-0.4, -0.2) is 61.6 Å². The fourth-order valence-corrected chi connectivity index (χ4v) is 0.432. The van der Waals surface area contributed by atoms with Gasteiger partial charge in [0.25, 0.3) is 0 Å². The monoisotopic (exact) mass is 170 g/mol. The average Bonchev–Trinajstić information content (AvgIpc) is 1.91. The van der Waals surface area contributed by atoms with Crippen molar-refractivity contribution in [2.24, 2.45) is 0 Å². The zero-order valence-electron chi connectivity index (χ0n) is 5.99. The third-order valence-electron chi connectivity index (χ3n) is 0.896. The molecule has 0 heterocycles. The minimum absolute atomic E-state index is 0. The Bertz CT molecular complexity index is 126. The van der Waals surface area contributed by atoms with Crippen LogP contribution in [0.15, 0.2) is 0 Å². The number of ether oxygens (including phenoxy) is 2. The van der Waals surface area contributed by atoms with Crippen LogP contribution in [0.5, 0.6) is 0 Å². The molecule has 0 N–H and O–H groups in total. The van der Waals surface area contributed by atoms with Crippen molar-refractivity contribution in [2.45, 2.75) is 13.0 Å². The third-order valence-corrected chi connectivity index (χ3v) is 0.896. The summed E-state index contributed by atoms with van der Waals surface area (Å²) in [7, 11) is 1.27. The van der Waals surface area contributed by atoms with Crippen LogP contribution in [0.1, 0.15) is 6.92 Å². The fraction of sp³-hybridized carbons (Fsp3) is 0.667. The first-order chi connectivity index (χ1) is 4.76. The van der Waals surface area contributed by atoms with Crippen molar-refractivity contribution in [1.29, 1.82) is 0 Å². The van der Waals surface area contributed by atoms with Gasteiger partial charge in [-0.1, -0.05) is 0 Å². The Hall–Kier alpha value is 0.1000. The Balaban J connectivity index is 0. The maximum absolute atomic E-state index is 10.6. The van der Waals surface area contributed by atoms with E-state index in [9.17, 15) is 9.59 Å². The summed E-state index contributed by atoms with van der Waals surface area (Å²) in [5, 5.41) is 0. The minimum atomic E-state index is -1.07. The molecule has 0 radical (unpaired) electrons. The van der Waals surface area contributed by atoms with Crippen molar-refractivity contribution < 1.29 is 19.1 Å². The van der Waals surface area contributed by atoms with Gasteiger partial charge < -0.3 is 9.47 Å². The Morgan fingerprint density at radius 3 is 2.45 bits per heavy atom. The van der Waals surface area contributed by atoms with Crippen molar-refractivity contribution in [3.8, 4) is 0 Å². The van der Waals surface area contributed by atoms with E-state index in [-0.39, 0.29) is 36.2 Å². The van der Waals surface area contributed by atoms with Gasteiger partial charge in [-0.15, -0.1) is 0 Å². The molecule has 0 bridgehead atoms. The molecule has 11 heavy (non-hydrogen) atoms. The van der Waals surface area contributed by atoms with Gasteiger partial charge in [-0.3, -0.25) is 4.79 Å². The summed E-state index contributed by atoms with van der Waals surface area (Å²) in [5.41, 5.74) is 0. The van der Waals surface area contributed by atoms with Gasteiger partial charge in [-0.2, -0.15) is 0 Å². The topological polar surface area (TPSA) is 52.6 Å². The number of hydrogen-bond acceptors (Lipinski definition) is 4. The molecule has 0 aromatic carbocycles. The summed E-state index contributed by atoms with van der Waals surface area (Å²) in [5.74, 6) is -0.639. The molecule has 60 valence electrons. The van der Waals surface area contributed by atoms with E-state index in [2.05, 4.69) is 9.47 Å². The van der Waals surface area contributed by atoms with E-state index in [4.69, 9.17) is 0 Å². The van der Waals surface area contributed by atoms with Gasteiger partial charge in [0.1, 0.15) is 0 Å². The second-order valence-corrected chi connectivity index (χ2v) is 1.54. The van der Waals surface area contributed by atoms with Crippen LogP contribution in [-0.2, 0) is 19.1 Å². The predicted octanol–water partition coefficient (Wildman–Crippen LogP) is -0.885. The molecule has 0 saturated heterocycles. The normalized spacial score (nSPS) is 11.1. The SMILES string of the molecule is CCOC(=O)C(C=O)OC.[NaH]. The number of carbonyl (C=O) groups is 2. The number of aldehydes is 1. The molecule has 0 aliphatic heterocycles. The van der Waals surface area contributed by atoms with Gasteiger partial charge >= 0.3 is 35.5 Å². The molecule has 0 fully saturated rings. The first-order valence-corrected chi connectivity index (χ1v) is 2.91. The van der Waals surface area contributed by atoms with E-state index in [1.807, 2.05) is 0 Å². The van der Waals surface area contributed by atoms with Gasteiger partial charge in [-0.05, 0) is 6.92 Å². The van der Waals surface area contributed by atoms with Crippen LogP contribution in [0, 0.1) is 0 Å². The van der Waals surface area contributed by atoms with E-state index in [0.717, 1.165) is 0 Å². The van der Waals surface area contributed by atoms with Crippen molar-refractivity contribution in [1.82, 2.24) is 0 Å². The molecular weight excluding hydrogens is 159 g/mol. The van der Waals surface area contributed by atoms with Gasteiger partial charge in [0.2, 0.25) is 6.10 Å². The first-order valence-electron chi connectivity index (χ1n) is 2.91. The van der Waals surface area contributed by atoms with E-state index >= 15 is 0 Å². The molecule has 0 spiro atoms. The Kier molecular flexibility index (Phi) is 10.2. The number of hydrogen-bond donors (Lipinski definition) is 0. The molecule has 1 unspecified atom stereocenters. The van der Waals surface area contributed by atoms with Gasteiger partial charge in [-0.25, -0.2) is 4.79 Å². The average molecular weight is 170 g/mol. The van der Waals surface area contributed by atoms with E-state index in [1.165, 1.54) is 7.11 Å². The zero-order chi connectivity index (χ0) is 7.98. The molecule has 0 aromatic heterocycles. The summed E-state index contributed by atoms with van der Waals surface area (Å²) < 4.78 is 8.96. The van der Waals surface area contributed by atoms with Gasteiger partial charge in [0, 0.05) is 7.11 Å². The van der Waals surface area contributed by atoms with Crippen molar-refractivity contribution in [2.75, 3.05) is 13.7 Å². The molecule has 0 rings (SSSR count). The number of rotatable bonds is 4. The van der Waals surface area contributed by atoms with E-state index in [1.54, 1.807) is 6.92 Å². The molecule has 5 heteroatoms. The summed E-state index contributed by atoms with van der Waals surface area (Å²) in [6.45, 7) is 1.92. The quantitative estimate of drug-likeness (QED) is 0.238. The summed E-state index contributed by atoms with van der Waals surface area (Å²) >= 11 is 0. The van der Waals surface area contributed by atoms with Crippen LogP contribution in [0.2, 0.25) is 0 Å². The predicted molar refractivity (Wildman–Crippen MR) is 40.6 cm³/mol. The van der Waals surface area contributed by atoms with Gasteiger partial charge in [0.15, 0.2) is 6.29 Å². The van der Waals surface area contributed by atoms with Gasteiger partial charge in [0.05, 0.1) is 6.61 Å². The molecule has 0 aliphatic rings.